The Bertz CT molecular complexity index is 125. The molecule has 4 nitrogen and oxygen atoms in total. The zero-order valence-electron chi connectivity index (χ0n) is 8.23. The highest BCUT2D eigenvalue weighted by atomic mass is 16.7. The van der Waals surface area contributed by atoms with E-state index in [0.29, 0.717) is 19.8 Å². The van der Waals surface area contributed by atoms with E-state index >= 15 is 0 Å². The maximum absolute atomic E-state index is 8.82. The molecule has 0 spiro atoms. The summed E-state index contributed by atoms with van der Waals surface area (Å²) in [6.07, 6.45) is 0.465. The van der Waals surface area contributed by atoms with Gasteiger partial charge in [0.1, 0.15) is 0 Å². The molecule has 2 atom stereocenters. The molecule has 0 fully saturated rings. The Labute approximate surface area is 79.1 Å². The summed E-state index contributed by atoms with van der Waals surface area (Å²) in [6.45, 7) is 8.24. The molecule has 0 saturated carbocycles. The first-order valence-corrected chi connectivity index (χ1v) is 4.30. The number of ether oxygens (including phenoxy) is 3. The lowest BCUT2D eigenvalue weighted by Gasteiger charge is -2.15. The van der Waals surface area contributed by atoms with Gasteiger partial charge in [0, 0.05) is 0 Å². The molecule has 0 rings (SSSR count). The summed E-state index contributed by atoms with van der Waals surface area (Å²) in [5.41, 5.74) is 0. The second-order valence-corrected chi connectivity index (χ2v) is 2.54. The van der Waals surface area contributed by atoms with E-state index in [1.54, 1.807) is 13.0 Å². The van der Waals surface area contributed by atoms with Crippen LogP contribution in [0.15, 0.2) is 12.7 Å². The van der Waals surface area contributed by atoms with Gasteiger partial charge in [0.25, 0.3) is 0 Å². The fourth-order valence-electron chi connectivity index (χ4n) is 0.756. The first-order valence-electron chi connectivity index (χ1n) is 4.30. The average molecular weight is 190 g/mol. The maximum atomic E-state index is 8.82. The summed E-state index contributed by atoms with van der Waals surface area (Å²) in [5.74, 6) is 0. The van der Waals surface area contributed by atoms with Crippen LogP contribution in [0.5, 0.6) is 0 Å². The molecule has 0 aliphatic rings. The molecule has 4 heteroatoms. The third kappa shape index (κ3) is 9.49. The van der Waals surface area contributed by atoms with Crippen LogP contribution in [0.25, 0.3) is 0 Å². The number of aliphatic hydroxyl groups is 1. The third-order valence-corrected chi connectivity index (χ3v) is 1.20. The van der Waals surface area contributed by atoms with Crippen molar-refractivity contribution in [3.05, 3.63) is 12.7 Å². The Morgan fingerprint density at radius 2 is 2.08 bits per heavy atom. The topological polar surface area (TPSA) is 47.9 Å². The summed E-state index contributed by atoms with van der Waals surface area (Å²) in [7, 11) is 0. The van der Waals surface area contributed by atoms with Gasteiger partial charge in [-0.05, 0) is 13.8 Å². The van der Waals surface area contributed by atoms with E-state index in [9.17, 15) is 0 Å². The number of hydrogen-bond donors (Lipinski definition) is 1. The lowest BCUT2D eigenvalue weighted by atomic mass is 10.6. The van der Waals surface area contributed by atoms with Gasteiger partial charge in [0.15, 0.2) is 12.6 Å². The van der Waals surface area contributed by atoms with E-state index in [1.807, 2.05) is 0 Å². The van der Waals surface area contributed by atoms with Gasteiger partial charge in [-0.2, -0.15) is 0 Å². The van der Waals surface area contributed by atoms with Gasteiger partial charge in [-0.3, -0.25) is 0 Å². The van der Waals surface area contributed by atoms with Crippen LogP contribution < -0.4 is 0 Å². The highest BCUT2D eigenvalue weighted by molar-refractivity contribution is 4.63. The Kier molecular flexibility index (Phi) is 7.93. The van der Waals surface area contributed by atoms with Crippen molar-refractivity contribution in [2.45, 2.75) is 26.4 Å². The van der Waals surface area contributed by atoms with Crippen LogP contribution in [0, 0.1) is 0 Å². The van der Waals surface area contributed by atoms with Crippen LogP contribution in [-0.2, 0) is 14.2 Å². The zero-order chi connectivity index (χ0) is 10.1. The average Bonchev–Trinajstić information content (AvgIpc) is 2.02. The molecule has 0 amide bonds. The Balaban J connectivity index is 3.16. The van der Waals surface area contributed by atoms with E-state index < -0.39 is 12.6 Å². The van der Waals surface area contributed by atoms with Crippen LogP contribution >= 0.6 is 0 Å². The summed E-state index contributed by atoms with van der Waals surface area (Å²) in [5, 5.41) is 8.82. The molecule has 1 N–H and O–H groups in total. The van der Waals surface area contributed by atoms with Crippen molar-refractivity contribution in [1.29, 1.82) is 0 Å². The number of aliphatic hydroxyl groups excluding tert-OH is 1. The molecule has 0 aliphatic heterocycles. The van der Waals surface area contributed by atoms with E-state index in [2.05, 4.69) is 6.58 Å². The molecule has 78 valence electrons. The van der Waals surface area contributed by atoms with Crippen molar-refractivity contribution in [2.75, 3.05) is 19.8 Å². The molecule has 13 heavy (non-hydrogen) atoms. The minimum absolute atomic E-state index is 0.410. The zero-order valence-corrected chi connectivity index (χ0v) is 8.23. The number of rotatable bonds is 8. The Morgan fingerprint density at radius 3 is 2.62 bits per heavy atom. The SMILES string of the molecule is C=CCOCCOC(C)OC(C)O. The summed E-state index contributed by atoms with van der Waals surface area (Å²) < 4.78 is 15.1. The first kappa shape index (κ1) is 12.6. The molecular weight excluding hydrogens is 172 g/mol. The Morgan fingerprint density at radius 1 is 1.38 bits per heavy atom. The van der Waals surface area contributed by atoms with Crippen LogP contribution in [0.4, 0.5) is 0 Å². The van der Waals surface area contributed by atoms with Gasteiger partial charge in [0.2, 0.25) is 0 Å². The van der Waals surface area contributed by atoms with Gasteiger partial charge < -0.3 is 19.3 Å². The van der Waals surface area contributed by atoms with Gasteiger partial charge >= 0.3 is 0 Å². The quantitative estimate of drug-likeness (QED) is 0.351. The molecule has 2 unspecified atom stereocenters. The molecule has 0 saturated heterocycles. The van der Waals surface area contributed by atoms with E-state index in [4.69, 9.17) is 19.3 Å². The summed E-state index contributed by atoms with van der Waals surface area (Å²) >= 11 is 0. The minimum Gasteiger partial charge on any atom is -0.375 e. The van der Waals surface area contributed by atoms with Crippen LogP contribution in [0.1, 0.15) is 13.8 Å². The maximum Gasteiger partial charge on any atom is 0.158 e. The van der Waals surface area contributed by atoms with Crippen LogP contribution in [0.3, 0.4) is 0 Å². The van der Waals surface area contributed by atoms with Crippen molar-refractivity contribution in [2.24, 2.45) is 0 Å². The smallest absolute Gasteiger partial charge is 0.158 e. The van der Waals surface area contributed by atoms with Crippen molar-refractivity contribution in [3.8, 4) is 0 Å². The lowest BCUT2D eigenvalue weighted by Crippen LogP contribution is -2.21. The monoisotopic (exact) mass is 190 g/mol. The van der Waals surface area contributed by atoms with Crippen molar-refractivity contribution >= 4 is 0 Å². The first-order chi connectivity index (χ1) is 6.16. The van der Waals surface area contributed by atoms with Crippen molar-refractivity contribution in [1.82, 2.24) is 0 Å². The van der Waals surface area contributed by atoms with Gasteiger partial charge in [-0.15, -0.1) is 6.58 Å². The second kappa shape index (κ2) is 8.19. The van der Waals surface area contributed by atoms with Gasteiger partial charge in [-0.25, -0.2) is 0 Å². The number of hydrogen-bond acceptors (Lipinski definition) is 4. The second-order valence-electron chi connectivity index (χ2n) is 2.54. The fourth-order valence-corrected chi connectivity index (χ4v) is 0.756. The fraction of sp³-hybridized carbons (Fsp3) is 0.778. The normalized spacial score (nSPS) is 15.3. The highest BCUT2D eigenvalue weighted by Gasteiger charge is 2.04. The largest absolute Gasteiger partial charge is 0.375 e. The molecule has 0 radical (unpaired) electrons. The van der Waals surface area contributed by atoms with Gasteiger partial charge in [0.05, 0.1) is 19.8 Å². The molecule has 0 aromatic carbocycles. The molecule has 0 aliphatic carbocycles. The van der Waals surface area contributed by atoms with Crippen LogP contribution in [0.2, 0.25) is 0 Å². The van der Waals surface area contributed by atoms with Crippen molar-refractivity contribution in [3.63, 3.8) is 0 Å². The van der Waals surface area contributed by atoms with E-state index in [0.717, 1.165) is 0 Å². The molecule has 0 aromatic rings. The predicted octanol–water partition coefficient (Wildman–Crippen LogP) is 0.906. The van der Waals surface area contributed by atoms with Crippen molar-refractivity contribution < 1.29 is 19.3 Å². The van der Waals surface area contributed by atoms with E-state index in [-0.39, 0.29) is 0 Å². The molecule has 0 aromatic heterocycles. The third-order valence-electron chi connectivity index (χ3n) is 1.20. The molecule has 0 bridgehead atoms. The minimum atomic E-state index is -0.802. The predicted molar refractivity (Wildman–Crippen MR) is 49.2 cm³/mol. The summed E-state index contributed by atoms with van der Waals surface area (Å²) in [4.78, 5) is 0. The van der Waals surface area contributed by atoms with E-state index in [1.165, 1.54) is 6.92 Å². The van der Waals surface area contributed by atoms with Gasteiger partial charge in [-0.1, -0.05) is 6.08 Å². The van der Waals surface area contributed by atoms with Crippen LogP contribution in [-0.4, -0.2) is 37.5 Å². The Hall–Kier alpha value is -0.420. The molecular formula is C9H18O4. The molecule has 0 heterocycles. The summed E-state index contributed by atoms with van der Waals surface area (Å²) in [6, 6.07) is 0. The standard InChI is InChI=1S/C9H18O4/c1-4-5-11-6-7-12-9(3)13-8(2)10/h4,8-10H,1,5-7H2,2-3H3. The highest BCUT2D eigenvalue weighted by Crippen LogP contribution is 1.96. The lowest BCUT2D eigenvalue weighted by molar-refractivity contribution is -0.216.